The zero-order chi connectivity index (χ0) is 14.9. The summed E-state index contributed by atoms with van der Waals surface area (Å²) in [6, 6.07) is 8.09. The van der Waals surface area contributed by atoms with Crippen LogP contribution in [0.4, 0.5) is 0 Å². The van der Waals surface area contributed by atoms with E-state index in [4.69, 9.17) is 19.6 Å². The Labute approximate surface area is 131 Å². The van der Waals surface area contributed by atoms with Crippen LogP contribution in [0.5, 0.6) is 11.5 Å². The van der Waals surface area contributed by atoms with Crippen molar-refractivity contribution < 1.29 is 14.6 Å². The van der Waals surface area contributed by atoms with Gasteiger partial charge in [-0.05, 0) is 17.9 Å². The molecule has 0 saturated carbocycles. The average Bonchev–Trinajstić information content (AvgIpc) is 3.23. The predicted molar refractivity (Wildman–Crippen MR) is 84.7 cm³/mol. The van der Waals surface area contributed by atoms with Crippen molar-refractivity contribution in [2.45, 2.75) is 19.4 Å². The summed E-state index contributed by atoms with van der Waals surface area (Å²) in [5, 5.41) is 11.2. The number of hydrogen-bond acceptors (Lipinski definition) is 5. The summed E-state index contributed by atoms with van der Waals surface area (Å²) in [4.78, 5) is 6.05. The Bertz CT molecular complexity index is 795. The van der Waals surface area contributed by atoms with E-state index in [1.54, 1.807) is 11.3 Å². The summed E-state index contributed by atoms with van der Waals surface area (Å²) < 4.78 is 13.1. The Balaban J connectivity index is 1.80. The number of aliphatic hydroxyl groups is 1. The molecular weight excluding hydrogens is 300 g/mol. The lowest BCUT2D eigenvalue weighted by atomic mass is 10.2. The van der Waals surface area contributed by atoms with Gasteiger partial charge in [0.2, 0.25) is 6.79 Å². The first-order valence-corrected chi connectivity index (χ1v) is 8.15. The van der Waals surface area contributed by atoms with Crippen LogP contribution in [-0.4, -0.2) is 28.1 Å². The van der Waals surface area contributed by atoms with Gasteiger partial charge in [-0.3, -0.25) is 0 Å². The first kappa shape index (κ1) is 13.6. The number of nitrogens with zero attached hydrogens (tertiary/aromatic N) is 2. The van der Waals surface area contributed by atoms with Gasteiger partial charge in [0.15, 0.2) is 11.5 Å². The molecule has 114 valence electrons. The molecule has 1 N–H and O–H groups in total. The fourth-order valence-electron chi connectivity index (χ4n) is 2.75. The van der Waals surface area contributed by atoms with E-state index in [1.807, 2.05) is 12.1 Å². The maximum atomic E-state index is 9.16. The molecule has 3 aromatic rings. The number of aliphatic hydroxyl groups excluding tert-OH is 1. The highest BCUT2D eigenvalue weighted by molar-refractivity contribution is 7.09. The molecule has 1 aromatic carbocycles. The SMILES string of the molecule is OCCCn1c(Cc2cccs2)nc2cc3c(cc21)OCO3. The van der Waals surface area contributed by atoms with E-state index in [-0.39, 0.29) is 13.4 Å². The predicted octanol–water partition coefficient (Wildman–Crippen LogP) is 2.80. The third-order valence-electron chi connectivity index (χ3n) is 3.77. The van der Waals surface area contributed by atoms with Crippen molar-refractivity contribution in [1.29, 1.82) is 0 Å². The van der Waals surface area contributed by atoms with Gasteiger partial charge in [0.05, 0.1) is 11.0 Å². The Morgan fingerprint density at radius 1 is 1.27 bits per heavy atom. The minimum atomic E-state index is 0.169. The topological polar surface area (TPSA) is 56.5 Å². The molecule has 0 amide bonds. The van der Waals surface area contributed by atoms with Crippen LogP contribution in [0.2, 0.25) is 0 Å². The van der Waals surface area contributed by atoms with Crippen LogP contribution in [0, 0.1) is 0 Å². The third kappa shape index (κ3) is 2.34. The van der Waals surface area contributed by atoms with Crippen molar-refractivity contribution in [3.8, 4) is 11.5 Å². The molecule has 5 nitrogen and oxygen atoms in total. The molecule has 0 radical (unpaired) electrons. The highest BCUT2D eigenvalue weighted by atomic mass is 32.1. The molecule has 0 bridgehead atoms. The molecule has 0 unspecified atom stereocenters. The van der Waals surface area contributed by atoms with E-state index in [1.165, 1.54) is 4.88 Å². The maximum absolute atomic E-state index is 9.16. The smallest absolute Gasteiger partial charge is 0.231 e. The van der Waals surface area contributed by atoms with Crippen molar-refractivity contribution in [3.63, 3.8) is 0 Å². The quantitative estimate of drug-likeness (QED) is 0.786. The number of rotatable bonds is 5. The molecule has 0 atom stereocenters. The van der Waals surface area contributed by atoms with Gasteiger partial charge in [0, 0.05) is 36.6 Å². The number of hydrogen-bond donors (Lipinski definition) is 1. The van der Waals surface area contributed by atoms with E-state index in [2.05, 4.69) is 22.1 Å². The lowest BCUT2D eigenvalue weighted by Gasteiger charge is -2.08. The van der Waals surface area contributed by atoms with Crippen molar-refractivity contribution in [3.05, 3.63) is 40.3 Å². The lowest BCUT2D eigenvalue weighted by molar-refractivity contribution is 0.174. The molecule has 1 aliphatic rings. The first-order valence-electron chi connectivity index (χ1n) is 7.27. The molecule has 0 aliphatic carbocycles. The molecule has 0 spiro atoms. The zero-order valence-corrected chi connectivity index (χ0v) is 12.8. The summed E-state index contributed by atoms with van der Waals surface area (Å²) in [5.74, 6) is 2.52. The second kappa shape index (κ2) is 5.62. The maximum Gasteiger partial charge on any atom is 0.231 e. The fraction of sp³-hybridized carbons (Fsp3) is 0.312. The number of aryl methyl sites for hydroxylation is 1. The Hall–Kier alpha value is -2.05. The second-order valence-electron chi connectivity index (χ2n) is 5.21. The summed E-state index contributed by atoms with van der Waals surface area (Å²) in [6.07, 6.45) is 1.50. The van der Waals surface area contributed by atoms with Gasteiger partial charge in [0.25, 0.3) is 0 Å². The molecular formula is C16H16N2O3S. The van der Waals surface area contributed by atoms with E-state index in [9.17, 15) is 0 Å². The van der Waals surface area contributed by atoms with Crippen LogP contribution in [-0.2, 0) is 13.0 Å². The lowest BCUT2D eigenvalue weighted by Crippen LogP contribution is -2.05. The Morgan fingerprint density at radius 3 is 2.91 bits per heavy atom. The van der Waals surface area contributed by atoms with Crippen LogP contribution >= 0.6 is 11.3 Å². The number of imidazole rings is 1. The van der Waals surface area contributed by atoms with Gasteiger partial charge >= 0.3 is 0 Å². The first-order chi connectivity index (χ1) is 10.8. The van der Waals surface area contributed by atoms with Crippen LogP contribution < -0.4 is 9.47 Å². The Morgan fingerprint density at radius 2 is 2.14 bits per heavy atom. The Kier molecular flexibility index (Phi) is 3.48. The minimum absolute atomic E-state index is 0.169. The third-order valence-corrected chi connectivity index (χ3v) is 4.65. The van der Waals surface area contributed by atoms with Crippen molar-refractivity contribution in [2.75, 3.05) is 13.4 Å². The van der Waals surface area contributed by atoms with E-state index in [0.717, 1.165) is 41.3 Å². The van der Waals surface area contributed by atoms with E-state index < -0.39 is 0 Å². The largest absolute Gasteiger partial charge is 0.454 e. The highest BCUT2D eigenvalue weighted by Gasteiger charge is 2.19. The zero-order valence-electron chi connectivity index (χ0n) is 12.0. The highest BCUT2D eigenvalue weighted by Crippen LogP contribution is 2.36. The van der Waals surface area contributed by atoms with Crippen LogP contribution in [0.15, 0.2) is 29.6 Å². The van der Waals surface area contributed by atoms with Gasteiger partial charge in [-0.2, -0.15) is 0 Å². The normalized spacial score (nSPS) is 13.1. The monoisotopic (exact) mass is 316 g/mol. The van der Waals surface area contributed by atoms with Crippen molar-refractivity contribution >= 4 is 22.4 Å². The summed E-state index contributed by atoms with van der Waals surface area (Å²) >= 11 is 1.73. The van der Waals surface area contributed by atoms with Crippen LogP contribution in [0.3, 0.4) is 0 Å². The summed E-state index contributed by atoms with van der Waals surface area (Å²) in [6.45, 7) is 1.18. The molecule has 22 heavy (non-hydrogen) atoms. The van der Waals surface area contributed by atoms with Crippen molar-refractivity contribution in [1.82, 2.24) is 9.55 Å². The van der Waals surface area contributed by atoms with E-state index >= 15 is 0 Å². The minimum Gasteiger partial charge on any atom is -0.454 e. The van der Waals surface area contributed by atoms with Gasteiger partial charge in [0.1, 0.15) is 5.82 Å². The molecule has 3 heterocycles. The molecule has 4 rings (SSSR count). The summed E-state index contributed by atoms with van der Waals surface area (Å²) in [5.41, 5.74) is 1.94. The number of ether oxygens (including phenoxy) is 2. The number of fused-ring (bicyclic) bond motifs is 2. The van der Waals surface area contributed by atoms with Gasteiger partial charge < -0.3 is 19.1 Å². The van der Waals surface area contributed by atoms with Gasteiger partial charge in [-0.25, -0.2) is 4.98 Å². The standard InChI is InChI=1S/C16H16N2O3S/c19-5-2-4-18-13-9-15-14(20-10-21-15)8-12(13)17-16(18)7-11-3-1-6-22-11/h1,3,6,8-9,19H,2,4-5,7,10H2. The van der Waals surface area contributed by atoms with Crippen LogP contribution in [0.1, 0.15) is 17.1 Å². The molecule has 0 saturated heterocycles. The van der Waals surface area contributed by atoms with Crippen LogP contribution in [0.25, 0.3) is 11.0 Å². The molecule has 6 heteroatoms. The second-order valence-corrected chi connectivity index (χ2v) is 6.24. The fourth-order valence-corrected chi connectivity index (χ4v) is 3.45. The average molecular weight is 316 g/mol. The van der Waals surface area contributed by atoms with E-state index in [0.29, 0.717) is 6.42 Å². The van der Waals surface area contributed by atoms with Crippen molar-refractivity contribution in [2.24, 2.45) is 0 Å². The van der Waals surface area contributed by atoms with Gasteiger partial charge in [-0.1, -0.05) is 6.07 Å². The van der Waals surface area contributed by atoms with Gasteiger partial charge in [-0.15, -0.1) is 11.3 Å². The number of aromatic nitrogens is 2. The molecule has 0 fully saturated rings. The number of thiophene rings is 1. The molecule has 1 aliphatic heterocycles. The summed E-state index contributed by atoms with van der Waals surface area (Å²) in [7, 11) is 0. The number of benzene rings is 1. The molecule has 2 aromatic heterocycles.